The van der Waals surface area contributed by atoms with Crippen molar-refractivity contribution in [1.29, 1.82) is 0 Å². The molecule has 152 valence electrons. The molecule has 0 atom stereocenters. The van der Waals surface area contributed by atoms with E-state index in [0.29, 0.717) is 15.3 Å². The van der Waals surface area contributed by atoms with Crippen LogP contribution in [0.4, 0.5) is 15.6 Å². The minimum absolute atomic E-state index is 0.0384. The Morgan fingerprint density at radius 3 is 2.66 bits per heavy atom. The zero-order valence-electron chi connectivity index (χ0n) is 14.8. The molecule has 0 saturated heterocycles. The largest absolute Gasteiger partial charge is 0.478 e. The standard InChI is InChI=1S/C17H14BrN3O6S2/c1-2-27-17(24)20-16-19-12-5-4-10(8-13(12)28-16)21-29(25,26)14-6-3-9(15(22)23)7-11(14)18/h3-8,21H,2H2,1H3,(H,22,23)(H,19,20,24). The number of aromatic nitrogens is 1. The highest BCUT2D eigenvalue weighted by molar-refractivity contribution is 9.10. The lowest BCUT2D eigenvalue weighted by Crippen LogP contribution is -2.14. The van der Waals surface area contributed by atoms with E-state index in [1.54, 1.807) is 19.1 Å². The molecule has 3 aromatic rings. The second-order valence-corrected chi connectivity index (χ2v) is 9.14. The van der Waals surface area contributed by atoms with Crippen LogP contribution in [0.2, 0.25) is 0 Å². The van der Waals surface area contributed by atoms with Gasteiger partial charge in [0.25, 0.3) is 10.0 Å². The fourth-order valence-corrected chi connectivity index (χ4v) is 5.38. The summed E-state index contributed by atoms with van der Waals surface area (Å²) in [4.78, 5) is 26.6. The molecule has 0 radical (unpaired) electrons. The third-order valence-corrected chi connectivity index (χ3v) is 6.89. The molecular weight excluding hydrogens is 486 g/mol. The van der Waals surface area contributed by atoms with Crippen LogP contribution >= 0.6 is 27.3 Å². The Morgan fingerprint density at radius 1 is 1.24 bits per heavy atom. The molecule has 0 aliphatic rings. The van der Waals surface area contributed by atoms with Crippen LogP contribution in [0.3, 0.4) is 0 Å². The van der Waals surface area contributed by atoms with Crippen LogP contribution in [0.1, 0.15) is 17.3 Å². The molecular formula is C17H14BrN3O6S2. The summed E-state index contributed by atoms with van der Waals surface area (Å²) in [6.07, 6.45) is -0.623. The zero-order chi connectivity index (χ0) is 21.2. The summed E-state index contributed by atoms with van der Waals surface area (Å²) in [6, 6.07) is 8.37. The lowest BCUT2D eigenvalue weighted by atomic mass is 10.2. The number of carbonyl (C=O) groups is 2. The van der Waals surface area contributed by atoms with Gasteiger partial charge in [-0.2, -0.15) is 0 Å². The van der Waals surface area contributed by atoms with Crippen LogP contribution in [0.5, 0.6) is 0 Å². The fraction of sp³-hybridized carbons (Fsp3) is 0.118. The summed E-state index contributed by atoms with van der Waals surface area (Å²) < 4.78 is 33.4. The number of ether oxygens (including phenoxy) is 1. The van der Waals surface area contributed by atoms with E-state index in [1.165, 1.54) is 24.3 Å². The summed E-state index contributed by atoms with van der Waals surface area (Å²) in [5.74, 6) is -1.16. The van der Waals surface area contributed by atoms with Gasteiger partial charge in [-0.1, -0.05) is 11.3 Å². The Morgan fingerprint density at radius 2 is 2.00 bits per heavy atom. The van der Waals surface area contributed by atoms with Crippen LogP contribution in [0, 0.1) is 0 Å². The Hall–Kier alpha value is -2.70. The molecule has 0 aliphatic carbocycles. The quantitative estimate of drug-likeness (QED) is 0.463. The SMILES string of the molecule is CCOC(=O)Nc1nc2ccc(NS(=O)(=O)c3ccc(C(=O)O)cc3Br)cc2s1. The molecule has 3 N–H and O–H groups in total. The maximum absolute atomic E-state index is 12.7. The number of thiazole rings is 1. The zero-order valence-corrected chi connectivity index (χ0v) is 18.0. The minimum atomic E-state index is -3.97. The highest BCUT2D eigenvalue weighted by atomic mass is 79.9. The normalized spacial score (nSPS) is 11.2. The number of aromatic carboxylic acids is 1. The first-order chi connectivity index (χ1) is 13.7. The van der Waals surface area contributed by atoms with E-state index in [9.17, 15) is 18.0 Å². The van der Waals surface area contributed by atoms with Crippen molar-refractivity contribution < 1.29 is 27.9 Å². The third-order valence-electron chi connectivity index (χ3n) is 3.59. The Balaban J connectivity index is 1.85. The summed E-state index contributed by atoms with van der Waals surface area (Å²) in [7, 11) is -3.97. The van der Waals surface area contributed by atoms with Gasteiger partial charge >= 0.3 is 12.1 Å². The predicted octanol–water partition coefficient (Wildman–Crippen LogP) is 4.13. The van der Waals surface area contributed by atoms with E-state index < -0.39 is 22.1 Å². The number of rotatable bonds is 6. The van der Waals surface area contributed by atoms with Gasteiger partial charge in [0.05, 0.1) is 28.1 Å². The Bertz CT molecular complexity index is 1210. The number of carbonyl (C=O) groups excluding carboxylic acids is 1. The third kappa shape index (κ3) is 4.83. The second-order valence-electron chi connectivity index (χ2n) is 5.60. The van der Waals surface area contributed by atoms with Crippen molar-refractivity contribution in [3.8, 4) is 0 Å². The summed E-state index contributed by atoms with van der Waals surface area (Å²) in [5.41, 5.74) is 0.832. The average Bonchev–Trinajstić information content (AvgIpc) is 3.02. The van der Waals surface area contributed by atoms with Gasteiger partial charge < -0.3 is 9.84 Å². The number of sulfonamides is 1. The maximum atomic E-state index is 12.7. The number of anilines is 2. The van der Waals surface area contributed by atoms with E-state index in [-0.39, 0.29) is 27.2 Å². The van der Waals surface area contributed by atoms with Gasteiger partial charge in [0.1, 0.15) is 4.90 Å². The molecule has 0 fully saturated rings. The smallest absolute Gasteiger partial charge is 0.413 e. The molecule has 29 heavy (non-hydrogen) atoms. The predicted molar refractivity (Wildman–Crippen MR) is 112 cm³/mol. The number of nitrogens with zero attached hydrogens (tertiary/aromatic N) is 1. The van der Waals surface area contributed by atoms with Gasteiger partial charge in [-0.05, 0) is 59.3 Å². The summed E-state index contributed by atoms with van der Waals surface area (Å²) in [5, 5.41) is 11.8. The first-order valence-corrected chi connectivity index (χ1v) is 11.2. The van der Waals surface area contributed by atoms with E-state index in [4.69, 9.17) is 9.84 Å². The van der Waals surface area contributed by atoms with Gasteiger partial charge in [0.15, 0.2) is 5.13 Å². The van der Waals surface area contributed by atoms with Crippen molar-refractivity contribution in [1.82, 2.24) is 4.98 Å². The number of benzene rings is 2. The number of nitrogens with one attached hydrogen (secondary N) is 2. The molecule has 0 unspecified atom stereocenters. The van der Waals surface area contributed by atoms with Crippen molar-refractivity contribution in [2.75, 3.05) is 16.6 Å². The molecule has 0 saturated carbocycles. The lowest BCUT2D eigenvalue weighted by molar-refractivity contribution is 0.0696. The van der Waals surface area contributed by atoms with E-state index >= 15 is 0 Å². The number of carboxylic acid groups (broad SMARTS) is 1. The summed E-state index contributed by atoms with van der Waals surface area (Å²) in [6.45, 7) is 1.91. The molecule has 1 heterocycles. The number of carboxylic acids is 1. The van der Waals surface area contributed by atoms with Crippen LogP contribution < -0.4 is 10.0 Å². The number of hydrogen-bond donors (Lipinski definition) is 3. The lowest BCUT2D eigenvalue weighted by Gasteiger charge is -2.10. The molecule has 1 aromatic heterocycles. The molecule has 0 spiro atoms. The molecule has 9 nitrogen and oxygen atoms in total. The Kier molecular flexibility index (Phi) is 6.05. The van der Waals surface area contributed by atoms with Crippen molar-refractivity contribution in [3.63, 3.8) is 0 Å². The number of amides is 1. The molecule has 0 aliphatic heterocycles. The number of hydrogen-bond acceptors (Lipinski definition) is 7. The van der Waals surface area contributed by atoms with Crippen molar-refractivity contribution in [2.24, 2.45) is 0 Å². The van der Waals surface area contributed by atoms with Crippen LogP contribution in [-0.2, 0) is 14.8 Å². The number of halogens is 1. The van der Waals surface area contributed by atoms with Gasteiger partial charge in [-0.15, -0.1) is 0 Å². The van der Waals surface area contributed by atoms with Crippen LogP contribution in [0.15, 0.2) is 45.8 Å². The first kappa shape index (κ1) is 21.0. The topological polar surface area (TPSA) is 135 Å². The Labute approximate surface area is 177 Å². The van der Waals surface area contributed by atoms with Crippen molar-refractivity contribution in [3.05, 3.63) is 46.4 Å². The molecule has 1 amide bonds. The van der Waals surface area contributed by atoms with Crippen LogP contribution in [-0.4, -0.2) is 37.2 Å². The fourth-order valence-electron chi connectivity index (χ4n) is 2.36. The average molecular weight is 500 g/mol. The first-order valence-electron chi connectivity index (χ1n) is 8.09. The van der Waals surface area contributed by atoms with Gasteiger partial charge in [0, 0.05) is 4.47 Å². The highest BCUT2D eigenvalue weighted by Crippen LogP contribution is 2.30. The summed E-state index contributed by atoms with van der Waals surface area (Å²) >= 11 is 4.26. The van der Waals surface area contributed by atoms with E-state index in [0.717, 1.165) is 11.3 Å². The van der Waals surface area contributed by atoms with E-state index in [2.05, 4.69) is 31.0 Å². The van der Waals surface area contributed by atoms with Crippen molar-refractivity contribution >= 4 is 70.4 Å². The molecule has 2 aromatic carbocycles. The van der Waals surface area contributed by atoms with Gasteiger partial charge in [0.2, 0.25) is 0 Å². The van der Waals surface area contributed by atoms with Gasteiger partial charge in [-0.3, -0.25) is 10.0 Å². The van der Waals surface area contributed by atoms with Gasteiger partial charge in [-0.25, -0.2) is 23.0 Å². The maximum Gasteiger partial charge on any atom is 0.413 e. The van der Waals surface area contributed by atoms with Crippen LogP contribution in [0.25, 0.3) is 10.2 Å². The molecule has 0 bridgehead atoms. The monoisotopic (exact) mass is 499 g/mol. The van der Waals surface area contributed by atoms with Crippen molar-refractivity contribution in [2.45, 2.75) is 11.8 Å². The molecule has 3 rings (SSSR count). The molecule has 12 heteroatoms. The highest BCUT2D eigenvalue weighted by Gasteiger charge is 2.20. The second kappa shape index (κ2) is 8.35. The van der Waals surface area contributed by atoms with E-state index in [1.807, 2.05) is 0 Å². The number of fused-ring (bicyclic) bond motifs is 1. The minimum Gasteiger partial charge on any atom is -0.478 e.